The minimum atomic E-state index is -1.29. The Bertz CT molecular complexity index is 837. The van der Waals surface area contributed by atoms with Crippen molar-refractivity contribution in [1.29, 1.82) is 0 Å². The Hall–Kier alpha value is -2.42. The molecule has 1 heterocycles. The fourth-order valence-electron chi connectivity index (χ4n) is 2.38. The van der Waals surface area contributed by atoms with Gasteiger partial charge in [0.2, 0.25) is 0 Å². The van der Waals surface area contributed by atoms with Crippen molar-refractivity contribution in [3.63, 3.8) is 0 Å². The van der Waals surface area contributed by atoms with E-state index >= 15 is 0 Å². The quantitative estimate of drug-likeness (QED) is 0.542. The molecule has 1 aromatic carbocycles. The topological polar surface area (TPSA) is 122 Å². The molecule has 0 saturated heterocycles. The molecular weight excluding hydrogens is 382 g/mol. The Morgan fingerprint density at radius 1 is 1.36 bits per heavy atom. The lowest BCUT2D eigenvalue weighted by Crippen LogP contribution is -2.33. The van der Waals surface area contributed by atoms with E-state index in [2.05, 4.69) is 20.6 Å². The van der Waals surface area contributed by atoms with Crippen molar-refractivity contribution in [2.45, 2.75) is 45.9 Å². The number of carbonyl (C=O) groups is 1. The van der Waals surface area contributed by atoms with E-state index in [9.17, 15) is 9.90 Å². The predicted octanol–water partition coefficient (Wildman–Crippen LogP) is 3.20. The fourth-order valence-corrected chi connectivity index (χ4v) is 2.51. The number of aliphatic hydroxyl groups excluding tert-OH is 1. The third kappa shape index (κ3) is 6.63. The van der Waals surface area contributed by atoms with Gasteiger partial charge < -0.3 is 26.2 Å². The number of aryl methyl sites for hydroxylation is 1. The first-order valence-electron chi connectivity index (χ1n) is 8.85. The van der Waals surface area contributed by atoms with E-state index < -0.39 is 17.9 Å². The van der Waals surface area contributed by atoms with E-state index in [0.29, 0.717) is 18.7 Å². The lowest BCUT2D eigenvalue weighted by atomic mass is 10.1. The molecule has 0 aliphatic rings. The van der Waals surface area contributed by atoms with Crippen LogP contribution in [0.3, 0.4) is 0 Å². The van der Waals surface area contributed by atoms with Gasteiger partial charge in [0.25, 0.3) is 0 Å². The fraction of sp³-hybridized carbons (Fsp3) is 0.421. The van der Waals surface area contributed by atoms with Crippen LogP contribution in [0, 0.1) is 6.92 Å². The van der Waals surface area contributed by atoms with Crippen molar-refractivity contribution in [2.24, 2.45) is 5.73 Å². The minimum absolute atomic E-state index is 0.207. The van der Waals surface area contributed by atoms with Gasteiger partial charge in [0.15, 0.2) is 11.0 Å². The molecule has 0 saturated carbocycles. The molecule has 28 heavy (non-hydrogen) atoms. The van der Waals surface area contributed by atoms with E-state index in [-0.39, 0.29) is 16.7 Å². The Balaban J connectivity index is 2.04. The summed E-state index contributed by atoms with van der Waals surface area (Å²) in [4.78, 5) is 20.1. The number of alkyl carbamates (subject to hydrolysis) is 1. The van der Waals surface area contributed by atoms with Gasteiger partial charge in [-0.1, -0.05) is 23.7 Å². The summed E-state index contributed by atoms with van der Waals surface area (Å²) >= 11 is 6.04. The van der Waals surface area contributed by atoms with E-state index in [4.69, 9.17) is 22.1 Å². The van der Waals surface area contributed by atoms with Gasteiger partial charge in [-0.15, -0.1) is 0 Å². The summed E-state index contributed by atoms with van der Waals surface area (Å²) in [5, 5.41) is 15.8. The van der Waals surface area contributed by atoms with Crippen molar-refractivity contribution in [3.8, 4) is 0 Å². The van der Waals surface area contributed by atoms with Crippen molar-refractivity contribution in [3.05, 3.63) is 46.4 Å². The molecule has 1 atom stereocenters. The monoisotopic (exact) mass is 407 g/mol. The summed E-state index contributed by atoms with van der Waals surface area (Å²) < 4.78 is 5.21. The maximum atomic E-state index is 11.7. The standard InChI is InChI=1S/C19H26ClN5O3/c1-11-15(20)25-17(14(23-11)16(21)26)24-13-7-5-6-12(10-13)8-9-22-18(27)28-19(2,3)4/h5-7,10,16,26H,8-9,21H2,1-4H3,(H,22,27)(H,24,25). The van der Waals surface area contributed by atoms with Crippen LogP contribution in [0.2, 0.25) is 5.15 Å². The summed E-state index contributed by atoms with van der Waals surface area (Å²) in [5.74, 6) is 0.287. The number of ether oxygens (including phenoxy) is 1. The molecule has 0 bridgehead atoms. The second kappa shape index (κ2) is 9.18. The second-order valence-corrected chi connectivity index (χ2v) is 7.64. The molecule has 1 amide bonds. The molecule has 0 aliphatic heterocycles. The van der Waals surface area contributed by atoms with E-state index in [1.807, 2.05) is 45.0 Å². The lowest BCUT2D eigenvalue weighted by molar-refractivity contribution is 0.0528. The first-order chi connectivity index (χ1) is 13.0. The maximum absolute atomic E-state index is 11.7. The van der Waals surface area contributed by atoms with Crippen molar-refractivity contribution in [2.75, 3.05) is 11.9 Å². The number of nitrogens with one attached hydrogen (secondary N) is 2. The summed E-state index contributed by atoms with van der Waals surface area (Å²) in [6, 6.07) is 7.55. The van der Waals surface area contributed by atoms with Crippen LogP contribution in [-0.2, 0) is 11.2 Å². The van der Waals surface area contributed by atoms with Gasteiger partial charge in [-0.2, -0.15) is 0 Å². The summed E-state index contributed by atoms with van der Waals surface area (Å²) in [5.41, 5.74) is 7.44. The molecule has 8 nitrogen and oxygen atoms in total. The maximum Gasteiger partial charge on any atom is 0.407 e. The Morgan fingerprint density at radius 3 is 2.71 bits per heavy atom. The van der Waals surface area contributed by atoms with Gasteiger partial charge in [0.05, 0.1) is 5.69 Å². The summed E-state index contributed by atoms with van der Waals surface area (Å²) in [6.45, 7) is 7.56. The number of nitrogens with zero attached hydrogens (tertiary/aromatic N) is 2. The molecule has 2 aromatic rings. The van der Waals surface area contributed by atoms with Crippen molar-refractivity contribution >= 4 is 29.2 Å². The van der Waals surface area contributed by atoms with Crippen molar-refractivity contribution < 1.29 is 14.6 Å². The van der Waals surface area contributed by atoms with Crippen LogP contribution in [0.1, 0.15) is 44.0 Å². The lowest BCUT2D eigenvalue weighted by Gasteiger charge is -2.19. The van der Waals surface area contributed by atoms with Gasteiger partial charge in [0, 0.05) is 12.2 Å². The number of hydrogen-bond donors (Lipinski definition) is 4. The average molecular weight is 408 g/mol. The first kappa shape index (κ1) is 21.9. The van der Waals surface area contributed by atoms with Crippen LogP contribution in [-0.4, -0.2) is 33.3 Å². The van der Waals surface area contributed by atoms with Crippen LogP contribution < -0.4 is 16.4 Å². The van der Waals surface area contributed by atoms with E-state index in [0.717, 1.165) is 11.3 Å². The van der Waals surface area contributed by atoms with Gasteiger partial charge in [0.1, 0.15) is 17.5 Å². The number of nitrogens with two attached hydrogens (primary N) is 1. The third-order valence-electron chi connectivity index (χ3n) is 3.59. The largest absolute Gasteiger partial charge is 0.444 e. The molecule has 2 rings (SSSR count). The SMILES string of the molecule is Cc1nc(C(N)O)c(Nc2cccc(CCNC(=O)OC(C)(C)C)c2)nc1Cl. The number of benzene rings is 1. The number of amides is 1. The zero-order valence-electron chi connectivity index (χ0n) is 16.4. The molecule has 152 valence electrons. The first-order valence-corrected chi connectivity index (χ1v) is 9.23. The normalized spacial score (nSPS) is 12.4. The number of halogens is 1. The molecule has 0 spiro atoms. The van der Waals surface area contributed by atoms with Gasteiger partial charge >= 0.3 is 6.09 Å². The Morgan fingerprint density at radius 2 is 2.07 bits per heavy atom. The van der Waals surface area contributed by atoms with Gasteiger partial charge in [-0.25, -0.2) is 14.8 Å². The van der Waals surface area contributed by atoms with Crippen LogP contribution in [0.4, 0.5) is 16.3 Å². The average Bonchev–Trinajstić information content (AvgIpc) is 2.56. The van der Waals surface area contributed by atoms with Crippen LogP contribution in [0.15, 0.2) is 24.3 Å². The van der Waals surface area contributed by atoms with Crippen molar-refractivity contribution in [1.82, 2.24) is 15.3 Å². The molecule has 9 heteroatoms. The highest BCUT2D eigenvalue weighted by Gasteiger charge is 2.16. The molecule has 0 aliphatic carbocycles. The summed E-state index contributed by atoms with van der Waals surface area (Å²) in [7, 11) is 0. The second-order valence-electron chi connectivity index (χ2n) is 7.28. The third-order valence-corrected chi connectivity index (χ3v) is 3.95. The smallest absolute Gasteiger partial charge is 0.407 e. The zero-order valence-corrected chi connectivity index (χ0v) is 17.2. The highest BCUT2D eigenvalue weighted by molar-refractivity contribution is 6.30. The molecule has 0 fully saturated rings. The number of rotatable bonds is 6. The Labute approximate surface area is 169 Å². The number of anilines is 2. The number of aliphatic hydroxyl groups is 1. The highest BCUT2D eigenvalue weighted by Crippen LogP contribution is 2.24. The zero-order chi connectivity index (χ0) is 20.9. The Kier molecular flexibility index (Phi) is 7.17. The molecule has 5 N–H and O–H groups in total. The molecule has 0 radical (unpaired) electrons. The van der Waals surface area contributed by atoms with Crippen LogP contribution >= 0.6 is 11.6 Å². The highest BCUT2D eigenvalue weighted by atomic mass is 35.5. The van der Waals surface area contributed by atoms with E-state index in [1.54, 1.807) is 6.92 Å². The molecular formula is C19H26ClN5O3. The molecule has 1 unspecified atom stereocenters. The van der Waals surface area contributed by atoms with Gasteiger partial charge in [-0.3, -0.25) is 0 Å². The number of hydrogen-bond acceptors (Lipinski definition) is 7. The van der Waals surface area contributed by atoms with Gasteiger partial charge in [-0.05, 0) is 51.8 Å². The van der Waals surface area contributed by atoms with E-state index in [1.165, 1.54) is 0 Å². The number of carbonyl (C=O) groups excluding carboxylic acids is 1. The summed E-state index contributed by atoms with van der Waals surface area (Å²) in [6.07, 6.45) is -1.12. The number of aromatic nitrogens is 2. The minimum Gasteiger partial charge on any atom is -0.444 e. The van der Waals surface area contributed by atoms with Crippen LogP contribution in [0.5, 0.6) is 0 Å². The molecule has 1 aromatic heterocycles. The predicted molar refractivity (Wildman–Crippen MR) is 109 cm³/mol. The van der Waals surface area contributed by atoms with Crippen LogP contribution in [0.25, 0.3) is 0 Å².